The van der Waals surface area contributed by atoms with Crippen LogP contribution in [-0.2, 0) is 0 Å². The fourth-order valence-electron chi connectivity index (χ4n) is 1.82. The summed E-state index contributed by atoms with van der Waals surface area (Å²) in [4.78, 5) is 4.13. The van der Waals surface area contributed by atoms with Gasteiger partial charge in [0.2, 0.25) is 0 Å². The Hall–Kier alpha value is -2.16. The molecule has 0 saturated heterocycles. The van der Waals surface area contributed by atoms with Gasteiger partial charge in [0.05, 0.1) is 5.69 Å². The van der Waals surface area contributed by atoms with Crippen molar-refractivity contribution >= 4 is 11.2 Å². The molecule has 2 heterocycles. The summed E-state index contributed by atoms with van der Waals surface area (Å²) in [6, 6.07) is 1.49. The minimum atomic E-state index is -0.322. The van der Waals surface area contributed by atoms with Crippen LogP contribution in [0.1, 0.15) is 18.2 Å². The molecule has 0 aromatic carbocycles. The number of rotatable bonds is 3. The lowest BCUT2D eigenvalue weighted by atomic mass is 10.1. The maximum absolute atomic E-state index is 13.9. The minimum absolute atomic E-state index is 0.322. The minimum Gasteiger partial charge on any atom is -0.304 e. The van der Waals surface area contributed by atoms with Gasteiger partial charge in [0.25, 0.3) is 0 Å². The summed E-state index contributed by atoms with van der Waals surface area (Å²) in [7, 11) is 0. The fraction of sp³-hybridized carbons (Fsp3) is 0.133. The van der Waals surface area contributed by atoms with Crippen molar-refractivity contribution in [3.05, 3.63) is 66.4 Å². The Balaban J connectivity index is 2.55. The topological polar surface area (TPSA) is 17.3 Å². The SMILES string of the molecule is C=CC(=C)/C=C(\C)c1cc(F)c2nc(C)cn2c1. The first-order chi connectivity index (χ1) is 8.51. The van der Waals surface area contributed by atoms with E-state index in [1.165, 1.54) is 6.07 Å². The zero-order chi connectivity index (χ0) is 13.3. The highest BCUT2D eigenvalue weighted by atomic mass is 19.1. The van der Waals surface area contributed by atoms with Gasteiger partial charge in [-0.2, -0.15) is 0 Å². The summed E-state index contributed by atoms with van der Waals surface area (Å²) in [6.07, 6.45) is 7.20. The molecule has 0 aliphatic heterocycles. The summed E-state index contributed by atoms with van der Waals surface area (Å²) in [5.41, 5.74) is 3.69. The highest BCUT2D eigenvalue weighted by Crippen LogP contribution is 2.19. The first kappa shape index (κ1) is 12.3. The normalized spacial score (nSPS) is 11.8. The first-order valence-corrected chi connectivity index (χ1v) is 5.66. The second-order valence-corrected chi connectivity index (χ2v) is 4.30. The zero-order valence-corrected chi connectivity index (χ0v) is 10.6. The number of hydrogen-bond acceptors (Lipinski definition) is 1. The van der Waals surface area contributed by atoms with Gasteiger partial charge in [-0.15, -0.1) is 0 Å². The van der Waals surface area contributed by atoms with E-state index in [-0.39, 0.29) is 5.82 Å². The van der Waals surface area contributed by atoms with Crippen LogP contribution >= 0.6 is 0 Å². The largest absolute Gasteiger partial charge is 0.304 e. The van der Waals surface area contributed by atoms with Crippen molar-refractivity contribution in [1.29, 1.82) is 0 Å². The Morgan fingerprint density at radius 2 is 2.17 bits per heavy atom. The van der Waals surface area contributed by atoms with Crippen molar-refractivity contribution < 1.29 is 4.39 Å². The Morgan fingerprint density at radius 3 is 2.83 bits per heavy atom. The van der Waals surface area contributed by atoms with E-state index >= 15 is 0 Å². The average Bonchev–Trinajstić information content (AvgIpc) is 2.69. The second kappa shape index (κ2) is 4.61. The number of nitrogens with zero attached hydrogens (tertiary/aromatic N) is 2. The van der Waals surface area contributed by atoms with Gasteiger partial charge in [0, 0.05) is 12.4 Å². The van der Waals surface area contributed by atoms with Crippen molar-refractivity contribution in [3.8, 4) is 0 Å². The van der Waals surface area contributed by atoms with Crippen LogP contribution in [0.3, 0.4) is 0 Å². The van der Waals surface area contributed by atoms with Gasteiger partial charge in [-0.05, 0) is 36.6 Å². The molecule has 2 aromatic rings. The van der Waals surface area contributed by atoms with Crippen LogP contribution in [-0.4, -0.2) is 9.38 Å². The molecule has 92 valence electrons. The van der Waals surface area contributed by atoms with Gasteiger partial charge < -0.3 is 4.40 Å². The maximum Gasteiger partial charge on any atom is 0.173 e. The molecule has 0 atom stereocenters. The average molecular weight is 242 g/mol. The van der Waals surface area contributed by atoms with Crippen LogP contribution < -0.4 is 0 Å². The van der Waals surface area contributed by atoms with Crippen LogP contribution in [0.2, 0.25) is 0 Å². The molecular formula is C15H15FN2. The zero-order valence-electron chi connectivity index (χ0n) is 10.6. The smallest absolute Gasteiger partial charge is 0.173 e. The summed E-state index contributed by atoms with van der Waals surface area (Å²) >= 11 is 0. The Bertz CT molecular complexity index is 662. The molecule has 0 amide bonds. The van der Waals surface area contributed by atoms with Crippen LogP contribution in [0.4, 0.5) is 4.39 Å². The molecule has 3 heteroatoms. The number of aryl methyl sites for hydroxylation is 1. The third kappa shape index (κ3) is 2.25. The van der Waals surface area contributed by atoms with Crippen molar-refractivity contribution in [3.63, 3.8) is 0 Å². The quantitative estimate of drug-likeness (QED) is 0.745. The van der Waals surface area contributed by atoms with E-state index < -0.39 is 0 Å². The third-order valence-corrected chi connectivity index (χ3v) is 2.75. The first-order valence-electron chi connectivity index (χ1n) is 5.66. The van der Waals surface area contributed by atoms with Gasteiger partial charge in [-0.3, -0.25) is 0 Å². The number of fused-ring (bicyclic) bond motifs is 1. The standard InChI is InChI=1S/C15H15FN2/c1-5-10(2)6-11(3)13-7-14(16)15-17-12(4)8-18(15)9-13/h5-9H,1-2H2,3-4H3/b11-6+. The van der Waals surface area contributed by atoms with E-state index in [1.54, 1.807) is 16.7 Å². The van der Waals surface area contributed by atoms with Crippen molar-refractivity contribution in [2.75, 3.05) is 0 Å². The lowest BCUT2D eigenvalue weighted by Gasteiger charge is -2.04. The Morgan fingerprint density at radius 1 is 1.44 bits per heavy atom. The van der Waals surface area contributed by atoms with E-state index in [0.717, 1.165) is 22.4 Å². The summed E-state index contributed by atoms with van der Waals surface area (Å²) < 4.78 is 15.6. The van der Waals surface area contributed by atoms with E-state index in [0.29, 0.717) is 5.65 Å². The van der Waals surface area contributed by atoms with Crippen molar-refractivity contribution in [2.24, 2.45) is 0 Å². The molecule has 2 nitrogen and oxygen atoms in total. The number of imidazole rings is 1. The number of halogens is 1. The predicted molar refractivity (Wildman–Crippen MR) is 72.9 cm³/mol. The van der Waals surface area contributed by atoms with E-state index in [1.807, 2.05) is 26.1 Å². The van der Waals surface area contributed by atoms with E-state index in [4.69, 9.17) is 0 Å². The van der Waals surface area contributed by atoms with Crippen LogP contribution in [0.5, 0.6) is 0 Å². The Labute approximate surface area is 106 Å². The molecule has 0 bridgehead atoms. The van der Waals surface area contributed by atoms with E-state index in [2.05, 4.69) is 18.1 Å². The molecule has 0 N–H and O–H groups in total. The number of aromatic nitrogens is 2. The summed E-state index contributed by atoms with van der Waals surface area (Å²) in [6.45, 7) is 11.2. The molecule has 0 saturated carbocycles. The number of pyridine rings is 1. The Kier molecular flexibility index (Phi) is 3.15. The highest BCUT2D eigenvalue weighted by Gasteiger charge is 2.07. The van der Waals surface area contributed by atoms with E-state index in [9.17, 15) is 4.39 Å². The molecular weight excluding hydrogens is 227 g/mol. The van der Waals surface area contributed by atoms with Crippen LogP contribution in [0, 0.1) is 12.7 Å². The van der Waals surface area contributed by atoms with Gasteiger partial charge in [0.1, 0.15) is 0 Å². The van der Waals surface area contributed by atoms with Gasteiger partial charge in [-0.25, -0.2) is 9.37 Å². The van der Waals surface area contributed by atoms with Gasteiger partial charge in [-0.1, -0.05) is 25.3 Å². The molecule has 18 heavy (non-hydrogen) atoms. The van der Waals surface area contributed by atoms with Gasteiger partial charge in [0.15, 0.2) is 11.5 Å². The third-order valence-electron chi connectivity index (χ3n) is 2.75. The molecule has 0 radical (unpaired) electrons. The van der Waals surface area contributed by atoms with Crippen molar-refractivity contribution in [2.45, 2.75) is 13.8 Å². The second-order valence-electron chi connectivity index (χ2n) is 4.30. The molecule has 0 unspecified atom stereocenters. The molecule has 0 fully saturated rings. The number of hydrogen-bond donors (Lipinski definition) is 0. The van der Waals surface area contributed by atoms with Crippen LogP contribution in [0.15, 0.2) is 49.3 Å². The molecule has 2 rings (SSSR count). The highest BCUT2D eigenvalue weighted by molar-refractivity contribution is 5.68. The fourth-order valence-corrected chi connectivity index (χ4v) is 1.82. The summed E-state index contributed by atoms with van der Waals surface area (Å²) in [5, 5.41) is 0. The molecule has 0 aliphatic carbocycles. The predicted octanol–water partition coefficient (Wildman–Crippen LogP) is 3.93. The van der Waals surface area contributed by atoms with Crippen LogP contribution in [0.25, 0.3) is 11.2 Å². The maximum atomic E-state index is 13.9. The summed E-state index contributed by atoms with van der Waals surface area (Å²) in [5.74, 6) is -0.322. The number of allylic oxidation sites excluding steroid dienone is 4. The van der Waals surface area contributed by atoms with Gasteiger partial charge >= 0.3 is 0 Å². The monoisotopic (exact) mass is 242 g/mol. The molecule has 0 aliphatic rings. The molecule has 0 spiro atoms. The lowest BCUT2D eigenvalue weighted by molar-refractivity contribution is 0.629. The lowest BCUT2D eigenvalue weighted by Crippen LogP contribution is -1.92. The van der Waals surface area contributed by atoms with Crippen molar-refractivity contribution in [1.82, 2.24) is 9.38 Å². The molecule has 2 aromatic heterocycles.